The molecular weight excluding hydrogens is 288 g/mol. The minimum Gasteiger partial charge on any atom is -0.379 e. The third kappa shape index (κ3) is 3.93. The van der Waals surface area contributed by atoms with Crippen LogP contribution in [-0.4, -0.2) is 62.1 Å². The summed E-state index contributed by atoms with van der Waals surface area (Å²) < 4.78 is 5.38. The molecule has 0 spiro atoms. The minimum absolute atomic E-state index is 0.152. The predicted molar refractivity (Wildman–Crippen MR) is 91.3 cm³/mol. The Bertz CT molecular complexity index is 507. The van der Waals surface area contributed by atoms with E-state index in [0.717, 1.165) is 58.7 Å². The Morgan fingerprint density at radius 2 is 1.91 bits per heavy atom. The van der Waals surface area contributed by atoms with Crippen LogP contribution in [0.1, 0.15) is 24.8 Å². The molecule has 2 aliphatic rings. The first-order chi connectivity index (χ1) is 11.2. The Kier molecular flexibility index (Phi) is 5.34. The van der Waals surface area contributed by atoms with Crippen LogP contribution in [0, 0.1) is 5.41 Å². The molecule has 1 saturated carbocycles. The van der Waals surface area contributed by atoms with Crippen LogP contribution in [0.4, 0.5) is 0 Å². The van der Waals surface area contributed by atoms with Gasteiger partial charge in [0.15, 0.2) is 0 Å². The van der Waals surface area contributed by atoms with Crippen LogP contribution in [-0.2, 0) is 16.0 Å². The molecule has 1 aromatic carbocycles. The lowest BCUT2D eigenvalue weighted by molar-refractivity contribution is -0.146. The highest BCUT2D eigenvalue weighted by atomic mass is 16.5. The van der Waals surface area contributed by atoms with E-state index in [1.165, 1.54) is 12.0 Å². The van der Waals surface area contributed by atoms with Crippen molar-refractivity contribution >= 4 is 5.91 Å². The summed E-state index contributed by atoms with van der Waals surface area (Å²) in [5.74, 6) is 0.334. The molecule has 0 unspecified atom stereocenters. The second-order valence-corrected chi connectivity index (χ2v) is 6.98. The second-order valence-electron chi connectivity index (χ2n) is 6.98. The summed E-state index contributed by atoms with van der Waals surface area (Å²) in [5, 5.41) is 0. The van der Waals surface area contributed by atoms with Crippen molar-refractivity contribution in [1.29, 1.82) is 0 Å². The molecule has 4 nitrogen and oxygen atoms in total. The van der Waals surface area contributed by atoms with Crippen LogP contribution in [0.25, 0.3) is 0 Å². The van der Waals surface area contributed by atoms with Gasteiger partial charge in [-0.25, -0.2) is 0 Å². The monoisotopic (exact) mass is 316 g/mol. The van der Waals surface area contributed by atoms with Crippen molar-refractivity contribution in [1.82, 2.24) is 9.80 Å². The molecule has 126 valence electrons. The summed E-state index contributed by atoms with van der Waals surface area (Å²) in [4.78, 5) is 17.3. The quantitative estimate of drug-likeness (QED) is 0.806. The maximum absolute atomic E-state index is 13.0. The first-order valence-corrected chi connectivity index (χ1v) is 8.79. The largest absolute Gasteiger partial charge is 0.379 e. The number of nitrogens with zero attached hydrogens (tertiary/aromatic N) is 2. The number of morpholine rings is 1. The van der Waals surface area contributed by atoms with Crippen LogP contribution < -0.4 is 0 Å². The van der Waals surface area contributed by atoms with E-state index in [0.29, 0.717) is 5.91 Å². The maximum Gasteiger partial charge on any atom is 0.228 e. The Hall–Kier alpha value is -1.39. The molecule has 0 aromatic heterocycles. The molecule has 2 fully saturated rings. The summed E-state index contributed by atoms with van der Waals surface area (Å²) in [6, 6.07) is 10.4. The fourth-order valence-electron chi connectivity index (χ4n) is 3.68. The van der Waals surface area contributed by atoms with Crippen molar-refractivity contribution in [2.75, 3.05) is 46.4 Å². The van der Waals surface area contributed by atoms with Crippen molar-refractivity contribution in [2.24, 2.45) is 5.41 Å². The first kappa shape index (κ1) is 16.5. The number of likely N-dealkylation sites (N-methyl/N-ethyl adjacent to an activating group) is 1. The summed E-state index contributed by atoms with van der Waals surface area (Å²) >= 11 is 0. The van der Waals surface area contributed by atoms with Gasteiger partial charge in [-0.2, -0.15) is 0 Å². The standard InChI is InChI=1S/C19H28N2O2/c1-20(10-11-21-12-14-23-15-13-21)18(22)19(8-5-9-19)16-17-6-3-2-4-7-17/h2-4,6-7H,5,8-16H2,1H3. The predicted octanol–water partition coefficient (Wildman–Crippen LogP) is 2.19. The molecular formula is C19H28N2O2. The number of carbonyl (C=O) groups excluding carboxylic acids is 1. The lowest BCUT2D eigenvalue weighted by atomic mass is 9.64. The molecule has 1 amide bonds. The molecule has 23 heavy (non-hydrogen) atoms. The molecule has 0 bridgehead atoms. The number of carbonyl (C=O) groups is 1. The van der Waals surface area contributed by atoms with Gasteiger partial charge < -0.3 is 9.64 Å². The van der Waals surface area contributed by atoms with E-state index in [4.69, 9.17) is 4.74 Å². The average Bonchev–Trinajstić information content (AvgIpc) is 2.57. The summed E-state index contributed by atoms with van der Waals surface area (Å²) in [5.41, 5.74) is 1.13. The van der Waals surface area contributed by atoms with Gasteiger partial charge in [0.2, 0.25) is 5.91 Å². The van der Waals surface area contributed by atoms with Crippen molar-refractivity contribution in [3.8, 4) is 0 Å². The van der Waals surface area contributed by atoms with Gasteiger partial charge in [0.05, 0.1) is 18.6 Å². The van der Waals surface area contributed by atoms with Crippen LogP contribution in [0.5, 0.6) is 0 Å². The van der Waals surface area contributed by atoms with Gasteiger partial charge in [-0.05, 0) is 24.8 Å². The van der Waals surface area contributed by atoms with Gasteiger partial charge in [-0.1, -0.05) is 36.8 Å². The molecule has 1 aromatic rings. The van der Waals surface area contributed by atoms with E-state index in [-0.39, 0.29) is 5.41 Å². The first-order valence-electron chi connectivity index (χ1n) is 8.79. The van der Waals surface area contributed by atoms with E-state index < -0.39 is 0 Å². The number of amides is 1. The Morgan fingerprint density at radius 1 is 1.22 bits per heavy atom. The zero-order chi connectivity index (χ0) is 16.1. The van der Waals surface area contributed by atoms with Crippen LogP contribution in [0.2, 0.25) is 0 Å². The fourth-order valence-corrected chi connectivity index (χ4v) is 3.68. The van der Waals surface area contributed by atoms with E-state index in [9.17, 15) is 4.79 Å². The van der Waals surface area contributed by atoms with E-state index in [2.05, 4.69) is 29.2 Å². The molecule has 1 heterocycles. The second kappa shape index (κ2) is 7.45. The Morgan fingerprint density at radius 3 is 2.52 bits per heavy atom. The summed E-state index contributed by atoms with van der Waals surface area (Å²) in [6.45, 7) is 5.36. The van der Waals surface area contributed by atoms with E-state index >= 15 is 0 Å². The van der Waals surface area contributed by atoms with Crippen molar-refractivity contribution in [3.63, 3.8) is 0 Å². The number of ether oxygens (including phenoxy) is 1. The summed E-state index contributed by atoms with van der Waals surface area (Å²) in [6.07, 6.45) is 4.12. The number of hydrogen-bond donors (Lipinski definition) is 0. The number of benzene rings is 1. The molecule has 0 radical (unpaired) electrons. The van der Waals surface area contributed by atoms with Crippen molar-refractivity contribution < 1.29 is 9.53 Å². The molecule has 0 atom stereocenters. The van der Waals surface area contributed by atoms with Crippen molar-refractivity contribution in [2.45, 2.75) is 25.7 Å². The minimum atomic E-state index is -0.152. The third-order valence-corrected chi connectivity index (χ3v) is 5.35. The zero-order valence-corrected chi connectivity index (χ0v) is 14.2. The van der Waals surface area contributed by atoms with Crippen molar-refractivity contribution in [3.05, 3.63) is 35.9 Å². The van der Waals surface area contributed by atoms with Crippen LogP contribution in [0.3, 0.4) is 0 Å². The molecule has 1 aliphatic carbocycles. The van der Waals surface area contributed by atoms with Gasteiger partial charge in [-0.15, -0.1) is 0 Å². The lowest BCUT2D eigenvalue weighted by Crippen LogP contribution is -2.50. The fraction of sp³-hybridized carbons (Fsp3) is 0.632. The van der Waals surface area contributed by atoms with Crippen LogP contribution in [0.15, 0.2) is 30.3 Å². The van der Waals surface area contributed by atoms with Gasteiger partial charge in [0.1, 0.15) is 0 Å². The molecule has 1 aliphatic heterocycles. The van der Waals surface area contributed by atoms with Gasteiger partial charge in [0.25, 0.3) is 0 Å². The third-order valence-electron chi connectivity index (χ3n) is 5.35. The average molecular weight is 316 g/mol. The molecule has 3 rings (SSSR count). The molecule has 0 N–H and O–H groups in total. The lowest BCUT2D eigenvalue weighted by Gasteiger charge is -2.43. The highest BCUT2D eigenvalue weighted by Crippen LogP contribution is 2.45. The highest BCUT2D eigenvalue weighted by molar-refractivity contribution is 5.83. The zero-order valence-electron chi connectivity index (χ0n) is 14.2. The highest BCUT2D eigenvalue weighted by Gasteiger charge is 2.45. The maximum atomic E-state index is 13.0. The SMILES string of the molecule is CN(CCN1CCOCC1)C(=O)C1(Cc2ccccc2)CCC1. The van der Waals surface area contributed by atoms with Crippen LogP contribution >= 0.6 is 0 Å². The normalized spacial score (nSPS) is 20.7. The van der Waals surface area contributed by atoms with E-state index in [1.807, 2.05) is 18.0 Å². The topological polar surface area (TPSA) is 32.8 Å². The summed E-state index contributed by atoms with van der Waals surface area (Å²) in [7, 11) is 1.97. The Balaban J connectivity index is 1.56. The van der Waals surface area contributed by atoms with E-state index in [1.54, 1.807) is 0 Å². The molecule has 1 saturated heterocycles. The number of hydrogen-bond acceptors (Lipinski definition) is 3. The molecule has 4 heteroatoms. The van der Waals surface area contributed by atoms with Gasteiger partial charge in [0, 0.05) is 33.2 Å². The van der Waals surface area contributed by atoms with Gasteiger partial charge >= 0.3 is 0 Å². The van der Waals surface area contributed by atoms with Gasteiger partial charge in [-0.3, -0.25) is 9.69 Å². The smallest absolute Gasteiger partial charge is 0.228 e. The number of rotatable bonds is 6. The Labute approximate surface area is 139 Å².